The van der Waals surface area contributed by atoms with Gasteiger partial charge in [0.05, 0.1) is 12.6 Å². The van der Waals surface area contributed by atoms with Crippen molar-refractivity contribution in [3.63, 3.8) is 0 Å². The lowest BCUT2D eigenvalue weighted by Crippen LogP contribution is -2.41. The van der Waals surface area contributed by atoms with E-state index in [4.69, 9.17) is 9.52 Å². The van der Waals surface area contributed by atoms with E-state index in [1.54, 1.807) is 17.8 Å². The Hall–Kier alpha value is -1.47. The Morgan fingerprint density at radius 3 is 3.00 bits per heavy atom. The first kappa shape index (κ1) is 12.0. The maximum Gasteiger partial charge on any atom is 0.371 e. The molecule has 1 amide bonds. The fourth-order valence-electron chi connectivity index (χ4n) is 1.45. The molecular formula is C10H12N2O4S. The summed E-state index contributed by atoms with van der Waals surface area (Å²) in [6, 6.07) is 2.74. The third kappa shape index (κ3) is 3.01. The molecule has 0 aliphatic carbocycles. The summed E-state index contributed by atoms with van der Waals surface area (Å²) >= 11 is 1.67. The first-order valence-electron chi connectivity index (χ1n) is 5.07. The average Bonchev–Trinajstić information content (AvgIpc) is 2.97. The number of carbonyl (C=O) groups is 2. The Bertz CT molecular complexity index is 426. The number of carboxylic acid groups (broad SMARTS) is 1. The van der Waals surface area contributed by atoms with E-state index in [0.29, 0.717) is 5.76 Å². The number of thioether (sulfide) groups is 1. The highest BCUT2D eigenvalue weighted by molar-refractivity contribution is 7.99. The quantitative estimate of drug-likeness (QED) is 0.715. The first-order valence-corrected chi connectivity index (χ1v) is 6.23. The van der Waals surface area contributed by atoms with E-state index in [-0.39, 0.29) is 24.3 Å². The largest absolute Gasteiger partial charge is 0.475 e. The second kappa shape index (κ2) is 5.24. The second-order valence-corrected chi connectivity index (χ2v) is 4.59. The van der Waals surface area contributed by atoms with Gasteiger partial charge < -0.3 is 14.8 Å². The topological polar surface area (TPSA) is 91.6 Å². The van der Waals surface area contributed by atoms with Gasteiger partial charge in [0, 0.05) is 11.6 Å². The van der Waals surface area contributed by atoms with E-state index >= 15 is 0 Å². The average molecular weight is 256 g/mol. The molecule has 2 heterocycles. The standard InChI is InChI=1S/C10H12N2O4S/c13-9(7-4-17-5-12-7)11-3-6-1-2-8(16-6)10(14)15/h1-2,7,12H,3-5H2,(H,11,13)(H,14,15). The summed E-state index contributed by atoms with van der Waals surface area (Å²) < 4.78 is 5.02. The van der Waals surface area contributed by atoms with Gasteiger partial charge in [0.2, 0.25) is 11.7 Å². The molecule has 0 spiro atoms. The number of amides is 1. The minimum absolute atomic E-state index is 0.0942. The summed E-state index contributed by atoms with van der Waals surface area (Å²) in [5.41, 5.74) is 0. The summed E-state index contributed by atoms with van der Waals surface area (Å²) in [6.45, 7) is 0.203. The van der Waals surface area contributed by atoms with Crippen molar-refractivity contribution in [2.75, 3.05) is 11.6 Å². The number of aromatic carboxylic acids is 1. The molecule has 1 unspecified atom stereocenters. The number of furan rings is 1. The van der Waals surface area contributed by atoms with Crippen LogP contribution < -0.4 is 10.6 Å². The monoisotopic (exact) mass is 256 g/mol. The smallest absolute Gasteiger partial charge is 0.371 e. The van der Waals surface area contributed by atoms with Crippen molar-refractivity contribution in [1.82, 2.24) is 10.6 Å². The number of carbonyl (C=O) groups excluding carboxylic acids is 1. The Kier molecular flexibility index (Phi) is 3.70. The first-order chi connectivity index (χ1) is 8.16. The van der Waals surface area contributed by atoms with Crippen LogP contribution >= 0.6 is 11.8 Å². The SMILES string of the molecule is O=C(O)c1ccc(CNC(=O)C2CSCN2)o1. The second-order valence-electron chi connectivity index (χ2n) is 3.56. The van der Waals surface area contributed by atoms with Crippen molar-refractivity contribution < 1.29 is 19.1 Å². The van der Waals surface area contributed by atoms with Gasteiger partial charge in [-0.1, -0.05) is 0 Å². The molecule has 2 rings (SSSR count). The molecule has 0 aromatic carbocycles. The van der Waals surface area contributed by atoms with Crippen molar-refractivity contribution in [2.45, 2.75) is 12.6 Å². The lowest BCUT2D eigenvalue weighted by atomic mass is 10.3. The fourth-order valence-corrected chi connectivity index (χ4v) is 2.39. The number of carboxylic acids is 1. The number of hydrogen-bond acceptors (Lipinski definition) is 5. The van der Waals surface area contributed by atoms with Gasteiger partial charge in [-0.2, -0.15) is 0 Å². The molecular weight excluding hydrogens is 244 g/mol. The van der Waals surface area contributed by atoms with Crippen LogP contribution in [0.2, 0.25) is 0 Å². The van der Waals surface area contributed by atoms with Gasteiger partial charge in [0.25, 0.3) is 0 Å². The summed E-state index contributed by atoms with van der Waals surface area (Å²) in [5.74, 6) is 0.636. The van der Waals surface area contributed by atoms with E-state index in [1.165, 1.54) is 6.07 Å². The number of nitrogens with one attached hydrogen (secondary N) is 2. The lowest BCUT2D eigenvalue weighted by molar-refractivity contribution is -0.122. The van der Waals surface area contributed by atoms with Crippen LogP contribution in [0.3, 0.4) is 0 Å². The number of rotatable bonds is 4. The van der Waals surface area contributed by atoms with Crippen molar-refractivity contribution in [1.29, 1.82) is 0 Å². The zero-order valence-corrected chi connectivity index (χ0v) is 9.75. The minimum atomic E-state index is -1.11. The Morgan fingerprint density at radius 1 is 1.59 bits per heavy atom. The van der Waals surface area contributed by atoms with E-state index in [2.05, 4.69) is 10.6 Å². The molecule has 0 saturated carbocycles. The molecule has 0 radical (unpaired) electrons. The van der Waals surface area contributed by atoms with Crippen LogP contribution in [0.15, 0.2) is 16.5 Å². The van der Waals surface area contributed by atoms with Crippen LogP contribution in [0.1, 0.15) is 16.3 Å². The fraction of sp³-hybridized carbons (Fsp3) is 0.400. The van der Waals surface area contributed by atoms with E-state index < -0.39 is 5.97 Å². The summed E-state index contributed by atoms with van der Waals surface area (Å²) in [6.07, 6.45) is 0. The highest BCUT2D eigenvalue weighted by atomic mass is 32.2. The van der Waals surface area contributed by atoms with Crippen LogP contribution in [0.5, 0.6) is 0 Å². The number of hydrogen-bond donors (Lipinski definition) is 3. The van der Waals surface area contributed by atoms with Crippen LogP contribution in [0.4, 0.5) is 0 Å². The third-order valence-electron chi connectivity index (χ3n) is 2.34. The van der Waals surface area contributed by atoms with Crippen LogP contribution in [-0.4, -0.2) is 34.7 Å². The zero-order valence-electron chi connectivity index (χ0n) is 8.93. The Balaban J connectivity index is 1.84. The normalized spacial score (nSPS) is 19.2. The maximum absolute atomic E-state index is 11.6. The minimum Gasteiger partial charge on any atom is -0.475 e. The van der Waals surface area contributed by atoms with Crippen molar-refractivity contribution in [3.8, 4) is 0 Å². The van der Waals surface area contributed by atoms with Crippen LogP contribution in [0, 0.1) is 0 Å². The summed E-state index contributed by atoms with van der Waals surface area (Å²) in [7, 11) is 0. The molecule has 6 nitrogen and oxygen atoms in total. The van der Waals surface area contributed by atoms with Gasteiger partial charge in [-0.05, 0) is 12.1 Å². The van der Waals surface area contributed by atoms with Crippen molar-refractivity contribution >= 4 is 23.6 Å². The Morgan fingerprint density at radius 2 is 2.41 bits per heavy atom. The predicted molar refractivity (Wildman–Crippen MR) is 61.8 cm³/mol. The van der Waals surface area contributed by atoms with E-state index in [0.717, 1.165) is 11.6 Å². The van der Waals surface area contributed by atoms with Gasteiger partial charge in [0.1, 0.15) is 5.76 Å². The molecule has 1 aromatic heterocycles. The lowest BCUT2D eigenvalue weighted by Gasteiger charge is -2.08. The van der Waals surface area contributed by atoms with Gasteiger partial charge in [-0.15, -0.1) is 11.8 Å². The predicted octanol–water partition coefficient (Wildman–Crippen LogP) is 0.257. The van der Waals surface area contributed by atoms with Crippen molar-refractivity contribution in [3.05, 3.63) is 23.7 Å². The summed E-state index contributed by atoms with van der Waals surface area (Å²) in [4.78, 5) is 22.2. The Labute approximate surface area is 102 Å². The molecule has 3 N–H and O–H groups in total. The van der Waals surface area contributed by atoms with Gasteiger partial charge in [-0.3, -0.25) is 10.1 Å². The molecule has 7 heteroatoms. The van der Waals surface area contributed by atoms with E-state index in [1.807, 2.05) is 0 Å². The molecule has 1 fully saturated rings. The van der Waals surface area contributed by atoms with Gasteiger partial charge in [0.15, 0.2) is 0 Å². The third-order valence-corrected chi connectivity index (χ3v) is 3.28. The van der Waals surface area contributed by atoms with E-state index in [9.17, 15) is 9.59 Å². The summed E-state index contributed by atoms with van der Waals surface area (Å²) in [5, 5.41) is 14.4. The molecule has 0 bridgehead atoms. The highest BCUT2D eigenvalue weighted by Crippen LogP contribution is 2.10. The van der Waals surface area contributed by atoms with Crippen LogP contribution in [-0.2, 0) is 11.3 Å². The molecule has 1 aliphatic rings. The maximum atomic E-state index is 11.6. The zero-order chi connectivity index (χ0) is 12.3. The molecule has 1 saturated heterocycles. The van der Waals surface area contributed by atoms with Gasteiger partial charge in [-0.25, -0.2) is 4.79 Å². The molecule has 1 aliphatic heterocycles. The van der Waals surface area contributed by atoms with Crippen LogP contribution in [0.25, 0.3) is 0 Å². The van der Waals surface area contributed by atoms with Crippen molar-refractivity contribution in [2.24, 2.45) is 0 Å². The molecule has 1 atom stereocenters. The molecule has 92 valence electrons. The molecule has 1 aromatic rings. The highest BCUT2D eigenvalue weighted by Gasteiger charge is 2.22. The van der Waals surface area contributed by atoms with Gasteiger partial charge >= 0.3 is 5.97 Å². The molecule has 17 heavy (non-hydrogen) atoms.